The Balaban J connectivity index is 1.52. The van der Waals surface area contributed by atoms with Crippen molar-refractivity contribution in [2.45, 2.75) is 31.5 Å². The Labute approximate surface area is 132 Å². The monoisotopic (exact) mass is 309 g/mol. The van der Waals surface area contributed by atoms with Crippen LogP contribution in [0.25, 0.3) is 0 Å². The molecule has 1 aromatic carbocycles. The maximum absolute atomic E-state index is 6.01. The molecule has 1 unspecified atom stereocenters. The number of hydrogen-bond donors (Lipinski definition) is 0. The van der Waals surface area contributed by atoms with Crippen molar-refractivity contribution in [3.05, 3.63) is 35.4 Å². The number of fused-ring (bicyclic) bond motifs is 1. The van der Waals surface area contributed by atoms with Crippen LogP contribution in [0.5, 0.6) is 0 Å². The molecule has 2 aliphatic rings. The molecule has 4 heteroatoms. The Kier molecular flexibility index (Phi) is 5.53. The second-order valence-electron chi connectivity index (χ2n) is 5.87. The van der Waals surface area contributed by atoms with Crippen molar-refractivity contribution in [3.8, 4) is 0 Å². The number of piperidine rings is 1. The van der Waals surface area contributed by atoms with E-state index in [0.29, 0.717) is 18.6 Å². The van der Waals surface area contributed by atoms with Crippen LogP contribution >= 0.6 is 11.6 Å². The Hall–Kier alpha value is -0.610. The number of likely N-dealkylation sites (tertiary alicyclic amines) is 1. The van der Waals surface area contributed by atoms with Crippen molar-refractivity contribution >= 4 is 11.6 Å². The summed E-state index contributed by atoms with van der Waals surface area (Å²) in [6.07, 6.45) is 3.87. The molecule has 21 heavy (non-hydrogen) atoms. The lowest BCUT2D eigenvalue weighted by molar-refractivity contribution is -0.0172. The van der Waals surface area contributed by atoms with Gasteiger partial charge in [-0.15, -0.1) is 11.6 Å². The number of alkyl halides is 1. The summed E-state index contributed by atoms with van der Waals surface area (Å²) in [5.74, 6) is 0.590. The van der Waals surface area contributed by atoms with E-state index in [1.54, 1.807) is 0 Å². The molecule has 0 saturated carbocycles. The van der Waals surface area contributed by atoms with Crippen molar-refractivity contribution < 1.29 is 9.47 Å². The lowest BCUT2D eigenvalue weighted by Gasteiger charge is -2.35. The number of ether oxygens (including phenoxy) is 2. The van der Waals surface area contributed by atoms with Gasteiger partial charge >= 0.3 is 0 Å². The first-order chi connectivity index (χ1) is 10.4. The van der Waals surface area contributed by atoms with E-state index < -0.39 is 0 Å². The van der Waals surface area contributed by atoms with E-state index in [1.807, 2.05) is 0 Å². The first kappa shape index (κ1) is 15.3. The lowest BCUT2D eigenvalue weighted by Crippen LogP contribution is -2.40. The molecule has 3 rings (SSSR count). The number of rotatable bonds is 5. The minimum Gasteiger partial charge on any atom is -0.377 e. The smallest absolute Gasteiger partial charge is 0.0954 e. The topological polar surface area (TPSA) is 21.7 Å². The summed E-state index contributed by atoms with van der Waals surface area (Å²) in [6, 6.07) is 8.69. The van der Waals surface area contributed by atoms with E-state index in [1.165, 1.54) is 11.1 Å². The summed E-state index contributed by atoms with van der Waals surface area (Å²) < 4.78 is 11.7. The molecule has 0 aliphatic carbocycles. The Morgan fingerprint density at radius 1 is 1.24 bits per heavy atom. The summed E-state index contributed by atoms with van der Waals surface area (Å²) in [6.45, 7) is 4.70. The molecule has 2 heterocycles. The largest absolute Gasteiger partial charge is 0.377 e. The maximum atomic E-state index is 6.01. The minimum absolute atomic E-state index is 0.232. The van der Waals surface area contributed by atoms with Crippen LogP contribution in [0.15, 0.2) is 24.3 Å². The van der Waals surface area contributed by atoms with Gasteiger partial charge in [0.2, 0.25) is 0 Å². The van der Waals surface area contributed by atoms with Gasteiger partial charge in [0.15, 0.2) is 0 Å². The van der Waals surface area contributed by atoms with Crippen LogP contribution in [0.4, 0.5) is 0 Å². The highest BCUT2D eigenvalue weighted by atomic mass is 35.5. The molecule has 116 valence electrons. The van der Waals surface area contributed by atoms with Gasteiger partial charge in [-0.1, -0.05) is 24.3 Å². The summed E-state index contributed by atoms with van der Waals surface area (Å²) in [7, 11) is 0. The highest BCUT2D eigenvalue weighted by Crippen LogP contribution is 2.28. The number of hydrogen-bond acceptors (Lipinski definition) is 3. The zero-order valence-electron chi connectivity index (χ0n) is 12.5. The number of nitrogens with zero attached hydrogens (tertiary/aromatic N) is 1. The van der Waals surface area contributed by atoms with Crippen LogP contribution < -0.4 is 0 Å². The highest BCUT2D eigenvalue weighted by Gasteiger charge is 2.26. The van der Waals surface area contributed by atoms with Crippen molar-refractivity contribution in [2.24, 2.45) is 0 Å². The van der Waals surface area contributed by atoms with Crippen LogP contribution in [0.3, 0.4) is 0 Å². The predicted molar refractivity (Wildman–Crippen MR) is 85.0 cm³/mol. The number of benzene rings is 1. The van der Waals surface area contributed by atoms with Gasteiger partial charge in [-0.25, -0.2) is 0 Å². The van der Waals surface area contributed by atoms with Crippen molar-refractivity contribution in [1.82, 2.24) is 4.90 Å². The average molecular weight is 310 g/mol. The van der Waals surface area contributed by atoms with Gasteiger partial charge in [0.1, 0.15) is 0 Å². The van der Waals surface area contributed by atoms with Gasteiger partial charge in [0.25, 0.3) is 0 Å². The molecule has 1 fully saturated rings. The predicted octanol–water partition coefficient (Wildman–Crippen LogP) is 3.02. The molecule has 0 amide bonds. The van der Waals surface area contributed by atoms with Gasteiger partial charge in [-0.05, 0) is 30.4 Å². The Morgan fingerprint density at radius 3 is 2.86 bits per heavy atom. The van der Waals surface area contributed by atoms with Crippen LogP contribution in [-0.4, -0.2) is 49.7 Å². The fraction of sp³-hybridized carbons (Fsp3) is 0.647. The highest BCUT2D eigenvalue weighted by molar-refractivity contribution is 6.17. The van der Waals surface area contributed by atoms with Crippen molar-refractivity contribution in [1.29, 1.82) is 0 Å². The van der Waals surface area contributed by atoms with Gasteiger partial charge in [-0.3, -0.25) is 0 Å². The zero-order valence-corrected chi connectivity index (χ0v) is 13.2. The Morgan fingerprint density at radius 2 is 2.05 bits per heavy atom. The van der Waals surface area contributed by atoms with Crippen LogP contribution in [0.2, 0.25) is 0 Å². The molecular weight excluding hydrogens is 286 g/mol. The molecule has 3 nitrogen and oxygen atoms in total. The molecular formula is C17H24ClNO2. The van der Waals surface area contributed by atoms with Crippen LogP contribution in [0, 0.1) is 0 Å². The first-order valence-electron chi connectivity index (χ1n) is 7.96. The standard InChI is InChI=1S/C17H24ClNO2/c18-8-12-20-15-5-9-19(10-6-15)13-17-16-4-2-1-3-14(16)7-11-21-17/h1-4,15,17H,5-13H2. The molecule has 1 atom stereocenters. The maximum Gasteiger partial charge on any atom is 0.0954 e. The van der Waals surface area contributed by atoms with E-state index in [2.05, 4.69) is 29.2 Å². The third-order valence-corrected chi connectivity index (χ3v) is 4.64. The van der Waals surface area contributed by atoms with Crippen LogP contribution in [-0.2, 0) is 15.9 Å². The summed E-state index contributed by atoms with van der Waals surface area (Å²) >= 11 is 5.67. The van der Waals surface area contributed by atoms with E-state index in [-0.39, 0.29) is 6.10 Å². The third-order valence-electron chi connectivity index (χ3n) is 4.48. The van der Waals surface area contributed by atoms with Gasteiger partial charge < -0.3 is 14.4 Å². The van der Waals surface area contributed by atoms with E-state index in [4.69, 9.17) is 21.1 Å². The first-order valence-corrected chi connectivity index (χ1v) is 8.49. The van der Waals surface area contributed by atoms with E-state index >= 15 is 0 Å². The SMILES string of the molecule is ClCCOC1CCN(CC2OCCc3ccccc32)CC1. The molecule has 0 bridgehead atoms. The Bertz CT molecular complexity index is 446. The van der Waals surface area contributed by atoms with Gasteiger partial charge in [-0.2, -0.15) is 0 Å². The average Bonchev–Trinajstić information content (AvgIpc) is 2.55. The van der Waals surface area contributed by atoms with Crippen LogP contribution in [0.1, 0.15) is 30.1 Å². The van der Waals surface area contributed by atoms with Crippen molar-refractivity contribution in [3.63, 3.8) is 0 Å². The summed E-state index contributed by atoms with van der Waals surface area (Å²) in [5.41, 5.74) is 2.83. The van der Waals surface area contributed by atoms with Gasteiger partial charge in [0, 0.05) is 25.5 Å². The fourth-order valence-electron chi connectivity index (χ4n) is 3.33. The minimum atomic E-state index is 0.232. The zero-order chi connectivity index (χ0) is 14.5. The lowest BCUT2D eigenvalue weighted by atomic mass is 9.96. The van der Waals surface area contributed by atoms with Crippen molar-refractivity contribution in [2.75, 3.05) is 38.7 Å². The van der Waals surface area contributed by atoms with E-state index in [0.717, 1.165) is 45.5 Å². The molecule has 1 saturated heterocycles. The molecule has 0 aromatic heterocycles. The molecule has 2 aliphatic heterocycles. The van der Waals surface area contributed by atoms with Gasteiger partial charge in [0.05, 0.1) is 25.4 Å². The molecule has 0 spiro atoms. The summed E-state index contributed by atoms with van der Waals surface area (Å²) in [4.78, 5) is 2.51. The molecule has 1 aromatic rings. The third kappa shape index (κ3) is 3.98. The molecule has 0 radical (unpaired) electrons. The fourth-order valence-corrected chi connectivity index (χ4v) is 3.42. The van der Waals surface area contributed by atoms with E-state index in [9.17, 15) is 0 Å². The summed E-state index contributed by atoms with van der Waals surface area (Å²) in [5, 5.41) is 0. The second kappa shape index (κ2) is 7.59. The normalized spacial score (nSPS) is 24.0. The number of halogens is 1. The molecule has 0 N–H and O–H groups in total. The quantitative estimate of drug-likeness (QED) is 0.780. The second-order valence-corrected chi connectivity index (χ2v) is 6.25.